The molecule has 1 saturated heterocycles. The fourth-order valence-electron chi connectivity index (χ4n) is 2.00. The van der Waals surface area contributed by atoms with Gasteiger partial charge in [0, 0.05) is 25.7 Å². The molecule has 6 heteroatoms. The van der Waals surface area contributed by atoms with E-state index in [1.54, 1.807) is 12.1 Å². The summed E-state index contributed by atoms with van der Waals surface area (Å²) < 4.78 is 33.7. The number of nitrogens with zero attached hydrogens (tertiary/aromatic N) is 1. The highest BCUT2D eigenvalue weighted by Gasteiger charge is 2.23. The van der Waals surface area contributed by atoms with Crippen LogP contribution >= 0.6 is 0 Å². The summed E-state index contributed by atoms with van der Waals surface area (Å²) in [5.74, 6) is 0.370. The lowest BCUT2D eigenvalue weighted by Crippen LogP contribution is -2.54. The number of halogens is 2. The monoisotopic (exact) mass is 258 g/mol. The van der Waals surface area contributed by atoms with E-state index in [-0.39, 0.29) is 11.8 Å². The van der Waals surface area contributed by atoms with Crippen molar-refractivity contribution in [3.63, 3.8) is 0 Å². The molecular weight excluding hydrogens is 242 g/mol. The van der Waals surface area contributed by atoms with Gasteiger partial charge in [0.05, 0.1) is 7.11 Å². The van der Waals surface area contributed by atoms with Crippen LogP contribution in [0.2, 0.25) is 0 Å². The average molecular weight is 258 g/mol. The molecular formula is C12H16F2N2O2. The Morgan fingerprint density at radius 3 is 2.67 bits per heavy atom. The van der Waals surface area contributed by atoms with Crippen LogP contribution in [0.3, 0.4) is 0 Å². The number of ether oxygens (including phenoxy) is 2. The molecule has 2 rings (SSSR count). The van der Waals surface area contributed by atoms with Crippen LogP contribution in [0.15, 0.2) is 18.2 Å². The van der Waals surface area contributed by atoms with E-state index in [0.29, 0.717) is 5.75 Å². The molecule has 0 aliphatic carbocycles. The lowest BCUT2D eigenvalue weighted by molar-refractivity contribution is -0.0512. The van der Waals surface area contributed by atoms with Gasteiger partial charge in [0.2, 0.25) is 0 Å². The number of hydrogen-bond acceptors (Lipinski definition) is 4. The van der Waals surface area contributed by atoms with Crippen molar-refractivity contribution in [1.29, 1.82) is 0 Å². The first kappa shape index (κ1) is 13.0. The Kier molecular flexibility index (Phi) is 3.98. The molecule has 1 aromatic carbocycles. The standard InChI is InChI=1S/C12H16F2N2O2/c1-17-11-4-8(5-16-6-9(15)7-16)2-3-10(11)18-12(13)14/h2-4,9,12H,5-7,15H2,1H3. The lowest BCUT2D eigenvalue weighted by atomic mass is 10.1. The summed E-state index contributed by atoms with van der Waals surface area (Å²) in [5.41, 5.74) is 6.67. The van der Waals surface area contributed by atoms with Crippen molar-refractivity contribution in [2.75, 3.05) is 20.2 Å². The van der Waals surface area contributed by atoms with Crippen molar-refractivity contribution in [1.82, 2.24) is 4.90 Å². The highest BCUT2D eigenvalue weighted by molar-refractivity contribution is 5.43. The van der Waals surface area contributed by atoms with Crippen LogP contribution in [0.25, 0.3) is 0 Å². The predicted molar refractivity (Wildman–Crippen MR) is 62.9 cm³/mol. The predicted octanol–water partition coefficient (Wildman–Crippen LogP) is 1.44. The minimum Gasteiger partial charge on any atom is -0.493 e. The van der Waals surface area contributed by atoms with Gasteiger partial charge >= 0.3 is 6.61 Å². The van der Waals surface area contributed by atoms with Gasteiger partial charge in [0.15, 0.2) is 11.5 Å². The second-order valence-electron chi connectivity index (χ2n) is 4.32. The molecule has 0 spiro atoms. The van der Waals surface area contributed by atoms with Crippen LogP contribution in [0.5, 0.6) is 11.5 Å². The fraction of sp³-hybridized carbons (Fsp3) is 0.500. The van der Waals surface area contributed by atoms with E-state index in [9.17, 15) is 8.78 Å². The molecule has 1 aliphatic rings. The number of hydrogen-bond donors (Lipinski definition) is 1. The van der Waals surface area contributed by atoms with Gasteiger partial charge in [-0.2, -0.15) is 8.78 Å². The zero-order chi connectivity index (χ0) is 13.1. The molecule has 0 aromatic heterocycles. The third kappa shape index (κ3) is 3.08. The fourth-order valence-corrected chi connectivity index (χ4v) is 2.00. The van der Waals surface area contributed by atoms with E-state index in [4.69, 9.17) is 10.5 Å². The Morgan fingerprint density at radius 2 is 2.11 bits per heavy atom. The van der Waals surface area contributed by atoms with Crippen LogP contribution in [0, 0.1) is 0 Å². The third-order valence-corrected chi connectivity index (χ3v) is 2.84. The Balaban J connectivity index is 2.04. The van der Waals surface area contributed by atoms with Crippen LogP contribution in [-0.2, 0) is 6.54 Å². The number of methoxy groups -OCH3 is 1. The summed E-state index contributed by atoms with van der Waals surface area (Å²) in [4.78, 5) is 2.17. The maximum absolute atomic E-state index is 12.2. The summed E-state index contributed by atoms with van der Waals surface area (Å²) in [6, 6.07) is 5.21. The number of alkyl halides is 2. The number of benzene rings is 1. The van der Waals surface area contributed by atoms with E-state index < -0.39 is 6.61 Å². The van der Waals surface area contributed by atoms with Gasteiger partial charge in [0.1, 0.15) is 0 Å². The molecule has 0 saturated carbocycles. The van der Waals surface area contributed by atoms with Crippen molar-refractivity contribution in [2.45, 2.75) is 19.2 Å². The summed E-state index contributed by atoms with van der Waals surface area (Å²) in [7, 11) is 1.43. The van der Waals surface area contributed by atoms with E-state index in [1.807, 2.05) is 0 Å². The lowest BCUT2D eigenvalue weighted by Gasteiger charge is -2.36. The Bertz CT molecular complexity index is 409. The third-order valence-electron chi connectivity index (χ3n) is 2.84. The first-order valence-electron chi connectivity index (χ1n) is 5.68. The van der Waals surface area contributed by atoms with Gasteiger partial charge in [-0.1, -0.05) is 6.07 Å². The first-order chi connectivity index (χ1) is 8.58. The summed E-state index contributed by atoms with van der Waals surface area (Å²) in [6.07, 6.45) is 0. The Hall–Kier alpha value is -1.40. The van der Waals surface area contributed by atoms with Crippen molar-refractivity contribution in [3.05, 3.63) is 23.8 Å². The Labute approximate surface area is 104 Å². The topological polar surface area (TPSA) is 47.7 Å². The number of nitrogens with two attached hydrogens (primary N) is 1. The van der Waals surface area contributed by atoms with E-state index in [2.05, 4.69) is 9.64 Å². The van der Waals surface area contributed by atoms with Gasteiger partial charge < -0.3 is 15.2 Å². The van der Waals surface area contributed by atoms with Crippen molar-refractivity contribution in [2.24, 2.45) is 5.73 Å². The number of rotatable bonds is 5. The molecule has 4 nitrogen and oxygen atoms in total. The molecule has 0 unspecified atom stereocenters. The van der Waals surface area contributed by atoms with Crippen LogP contribution in [0.1, 0.15) is 5.56 Å². The smallest absolute Gasteiger partial charge is 0.387 e. The normalized spacial score (nSPS) is 16.7. The van der Waals surface area contributed by atoms with Crippen molar-refractivity contribution >= 4 is 0 Å². The second-order valence-corrected chi connectivity index (χ2v) is 4.32. The van der Waals surface area contributed by atoms with Crippen LogP contribution < -0.4 is 15.2 Å². The molecule has 2 N–H and O–H groups in total. The average Bonchev–Trinajstić information content (AvgIpc) is 2.28. The summed E-state index contributed by atoms with van der Waals surface area (Å²) >= 11 is 0. The molecule has 1 heterocycles. The molecule has 0 bridgehead atoms. The van der Waals surface area contributed by atoms with Gasteiger partial charge in [-0.15, -0.1) is 0 Å². The van der Waals surface area contributed by atoms with Gasteiger partial charge in [0.25, 0.3) is 0 Å². The zero-order valence-corrected chi connectivity index (χ0v) is 10.1. The van der Waals surface area contributed by atoms with Gasteiger partial charge in [-0.05, 0) is 17.7 Å². The van der Waals surface area contributed by atoms with E-state index >= 15 is 0 Å². The highest BCUT2D eigenvalue weighted by Crippen LogP contribution is 2.30. The molecule has 0 radical (unpaired) electrons. The largest absolute Gasteiger partial charge is 0.493 e. The van der Waals surface area contributed by atoms with E-state index in [1.165, 1.54) is 13.2 Å². The maximum Gasteiger partial charge on any atom is 0.387 e. The minimum absolute atomic E-state index is 0.0524. The molecule has 100 valence electrons. The minimum atomic E-state index is -2.85. The maximum atomic E-state index is 12.2. The SMILES string of the molecule is COc1cc(CN2CC(N)C2)ccc1OC(F)F. The quantitative estimate of drug-likeness (QED) is 0.868. The molecule has 18 heavy (non-hydrogen) atoms. The van der Waals surface area contributed by atoms with E-state index in [0.717, 1.165) is 25.2 Å². The molecule has 1 aromatic rings. The first-order valence-corrected chi connectivity index (χ1v) is 5.68. The molecule has 1 fully saturated rings. The highest BCUT2D eigenvalue weighted by atomic mass is 19.3. The molecule has 1 aliphatic heterocycles. The molecule has 0 atom stereocenters. The molecule has 0 amide bonds. The zero-order valence-electron chi connectivity index (χ0n) is 10.1. The van der Waals surface area contributed by atoms with Gasteiger partial charge in [-0.3, -0.25) is 4.90 Å². The van der Waals surface area contributed by atoms with Crippen molar-refractivity contribution < 1.29 is 18.3 Å². The van der Waals surface area contributed by atoms with Crippen molar-refractivity contribution in [3.8, 4) is 11.5 Å². The van der Waals surface area contributed by atoms with Crippen LogP contribution in [-0.4, -0.2) is 37.8 Å². The Morgan fingerprint density at radius 1 is 1.39 bits per heavy atom. The second kappa shape index (κ2) is 5.49. The van der Waals surface area contributed by atoms with Gasteiger partial charge in [-0.25, -0.2) is 0 Å². The van der Waals surface area contributed by atoms with Crippen LogP contribution in [0.4, 0.5) is 8.78 Å². The number of likely N-dealkylation sites (tertiary alicyclic amines) is 1. The summed E-state index contributed by atoms with van der Waals surface area (Å²) in [5, 5.41) is 0. The summed E-state index contributed by atoms with van der Waals surface area (Å²) in [6.45, 7) is -0.396.